The summed E-state index contributed by atoms with van der Waals surface area (Å²) in [5, 5.41) is 5.18. The second kappa shape index (κ2) is 8.19. The van der Waals surface area contributed by atoms with Crippen LogP contribution in [0.4, 0.5) is 10.5 Å². The lowest BCUT2D eigenvalue weighted by Gasteiger charge is -2.36. The van der Waals surface area contributed by atoms with Crippen molar-refractivity contribution in [3.63, 3.8) is 0 Å². The molecule has 1 aliphatic heterocycles. The van der Waals surface area contributed by atoms with Crippen LogP contribution in [0.3, 0.4) is 0 Å². The van der Waals surface area contributed by atoms with E-state index in [4.69, 9.17) is 4.74 Å². The van der Waals surface area contributed by atoms with E-state index in [-0.39, 0.29) is 18.0 Å². The maximum atomic E-state index is 12.7. The van der Waals surface area contributed by atoms with Gasteiger partial charge in [0.25, 0.3) is 0 Å². The Morgan fingerprint density at radius 1 is 1.08 bits per heavy atom. The molecular formula is C20H25N3O3. The number of amides is 2. The molecule has 0 saturated carbocycles. The zero-order valence-corrected chi connectivity index (χ0v) is 15.3. The van der Waals surface area contributed by atoms with Crippen molar-refractivity contribution in [3.8, 4) is 0 Å². The highest BCUT2D eigenvalue weighted by Crippen LogP contribution is 2.23. The van der Waals surface area contributed by atoms with Crippen LogP contribution in [0.5, 0.6) is 0 Å². The Bertz CT molecular complexity index is 779. The molecule has 0 radical (unpaired) electrons. The Labute approximate surface area is 153 Å². The van der Waals surface area contributed by atoms with Gasteiger partial charge >= 0.3 is 6.09 Å². The quantitative estimate of drug-likeness (QED) is 0.916. The van der Waals surface area contributed by atoms with Gasteiger partial charge in [-0.1, -0.05) is 36.4 Å². The highest BCUT2D eigenvalue weighted by atomic mass is 16.6. The van der Waals surface area contributed by atoms with Gasteiger partial charge in [-0.2, -0.15) is 0 Å². The van der Waals surface area contributed by atoms with Gasteiger partial charge < -0.3 is 15.0 Å². The largest absolute Gasteiger partial charge is 0.450 e. The number of hydrogen-bond donors (Lipinski definition) is 1. The van der Waals surface area contributed by atoms with Gasteiger partial charge in [-0.25, -0.2) is 4.79 Å². The topological polar surface area (TPSA) is 61.9 Å². The molecule has 2 aromatic carbocycles. The van der Waals surface area contributed by atoms with E-state index in [0.717, 1.165) is 16.5 Å². The summed E-state index contributed by atoms with van der Waals surface area (Å²) in [7, 11) is 0. The molecule has 1 unspecified atom stereocenters. The number of piperazine rings is 1. The monoisotopic (exact) mass is 355 g/mol. The standard InChI is InChI=1S/C20H25N3O3/c1-3-26-20(25)23-13-11-22(12-14-23)15(2)19(24)21-18-10-6-8-16-7-4-5-9-17(16)18/h4-10,15H,3,11-14H2,1-2H3,(H,21,24). The third-order valence-corrected chi connectivity index (χ3v) is 4.81. The smallest absolute Gasteiger partial charge is 0.409 e. The van der Waals surface area contributed by atoms with Crippen molar-refractivity contribution in [1.82, 2.24) is 9.80 Å². The number of nitrogens with zero attached hydrogens (tertiary/aromatic N) is 2. The number of fused-ring (bicyclic) bond motifs is 1. The van der Waals surface area contributed by atoms with Crippen molar-refractivity contribution in [1.29, 1.82) is 0 Å². The van der Waals surface area contributed by atoms with Crippen LogP contribution in [-0.2, 0) is 9.53 Å². The molecule has 6 heteroatoms. The third kappa shape index (κ3) is 3.96. The molecule has 2 amide bonds. The van der Waals surface area contributed by atoms with Crippen molar-refractivity contribution in [2.75, 3.05) is 38.1 Å². The molecule has 0 aliphatic carbocycles. The van der Waals surface area contributed by atoms with Gasteiger partial charge in [0.2, 0.25) is 5.91 Å². The molecule has 1 heterocycles. The van der Waals surface area contributed by atoms with Crippen molar-refractivity contribution in [2.24, 2.45) is 0 Å². The number of rotatable bonds is 4. The van der Waals surface area contributed by atoms with E-state index in [2.05, 4.69) is 10.2 Å². The van der Waals surface area contributed by atoms with Gasteiger partial charge in [-0.15, -0.1) is 0 Å². The van der Waals surface area contributed by atoms with Crippen LogP contribution in [0.15, 0.2) is 42.5 Å². The number of nitrogens with one attached hydrogen (secondary N) is 1. The second-order valence-electron chi connectivity index (χ2n) is 6.41. The van der Waals surface area contributed by atoms with Gasteiger partial charge in [-0.05, 0) is 25.3 Å². The van der Waals surface area contributed by atoms with Gasteiger partial charge in [0.1, 0.15) is 0 Å². The van der Waals surface area contributed by atoms with E-state index in [0.29, 0.717) is 32.8 Å². The van der Waals surface area contributed by atoms with Crippen LogP contribution in [-0.4, -0.2) is 60.6 Å². The molecule has 1 N–H and O–H groups in total. The van der Waals surface area contributed by atoms with Gasteiger partial charge in [-0.3, -0.25) is 9.69 Å². The predicted molar refractivity (Wildman–Crippen MR) is 102 cm³/mol. The van der Waals surface area contributed by atoms with Crippen molar-refractivity contribution in [2.45, 2.75) is 19.9 Å². The van der Waals surface area contributed by atoms with Crippen molar-refractivity contribution >= 4 is 28.5 Å². The summed E-state index contributed by atoms with van der Waals surface area (Å²) in [5.74, 6) is -0.0362. The molecular weight excluding hydrogens is 330 g/mol. The number of anilines is 1. The van der Waals surface area contributed by atoms with E-state index in [1.54, 1.807) is 11.8 Å². The normalized spacial score (nSPS) is 16.3. The lowest BCUT2D eigenvalue weighted by Crippen LogP contribution is -2.54. The Morgan fingerprint density at radius 3 is 2.50 bits per heavy atom. The fraction of sp³-hybridized carbons (Fsp3) is 0.400. The molecule has 1 saturated heterocycles. The van der Waals surface area contributed by atoms with Gasteiger partial charge in [0.05, 0.1) is 12.6 Å². The molecule has 2 aromatic rings. The number of carbonyl (C=O) groups excluding carboxylic acids is 2. The fourth-order valence-corrected chi connectivity index (χ4v) is 3.24. The minimum absolute atomic E-state index is 0.0362. The van der Waals surface area contributed by atoms with Gasteiger partial charge in [0.15, 0.2) is 0 Å². The van der Waals surface area contributed by atoms with E-state index in [1.807, 2.05) is 49.4 Å². The first-order valence-corrected chi connectivity index (χ1v) is 9.04. The van der Waals surface area contributed by atoms with Crippen LogP contribution < -0.4 is 5.32 Å². The molecule has 6 nitrogen and oxygen atoms in total. The molecule has 138 valence electrons. The molecule has 0 spiro atoms. The summed E-state index contributed by atoms with van der Waals surface area (Å²) in [4.78, 5) is 28.3. The average Bonchev–Trinajstić information content (AvgIpc) is 2.68. The maximum absolute atomic E-state index is 12.7. The highest BCUT2D eigenvalue weighted by molar-refractivity contribution is 6.03. The van der Waals surface area contributed by atoms with E-state index < -0.39 is 0 Å². The Balaban J connectivity index is 1.61. The number of hydrogen-bond acceptors (Lipinski definition) is 4. The summed E-state index contributed by atoms with van der Waals surface area (Å²) in [5.41, 5.74) is 0.824. The molecule has 26 heavy (non-hydrogen) atoms. The average molecular weight is 355 g/mol. The van der Waals surface area contributed by atoms with Crippen LogP contribution in [0, 0.1) is 0 Å². The minimum Gasteiger partial charge on any atom is -0.450 e. The number of ether oxygens (including phenoxy) is 1. The lowest BCUT2D eigenvalue weighted by molar-refractivity contribution is -0.121. The first kappa shape index (κ1) is 18.2. The Hall–Kier alpha value is -2.60. The zero-order chi connectivity index (χ0) is 18.5. The van der Waals surface area contributed by atoms with E-state index >= 15 is 0 Å². The first-order valence-electron chi connectivity index (χ1n) is 9.04. The predicted octanol–water partition coefficient (Wildman–Crippen LogP) is 2.94. The second-order valence-corrected chi connectivity index (χ2v) is 6.41. The van der Waals surface area contributed by atoms with E-state index in [9.17, 15) is 9.59 Å². The third-order valence-electron chi connectivity index (χ3n) is 4.81. The number of benzene rings is 2. The Morgan fingerprint density at radius 2 is 1.77 bits per heavy atom. The lowest BCUT2D eigenvalue weighted by atomic mass is 10.1. The van der Waals surface area contributed by atoms with Crippen molar-refractivity contribution in [3.05, 3.63) is 42.5 Å². The number of carbonyl (C=O) groups is 2. The summed E-state index contributed by atoms with van der Waals surface area (Å²) in [6, 6.07) is 13.6. The van der Waals surface area contributed by atoms with Crippen LogP contribution in [0.1, 0.15) is 13.8 Å². The van der Waals surface area contributed by atoms with Crippen molar-refractivity contribution < 1.29 is 14.3 Å². The highest BCUT2D eigenvalue weighted by Gasteiger charge is 2.28. The minimum atomic E-state index is -0.278. The Kier molecular flexibility index (Phi) is 5.73. The zero-order valence-electron chi connectivity index (χ0n) is 15.3. The summed E-state index contributed by atoms with van der Waals surface area (Å²) in [6.45, 7) is 6.54. The summed E-state index contributed by atoms with van der Waals surface area (Å²) in [6.07, 6.45) is -0.278. The molecule has 3 rings (SSSR count). The van der Waals surface area contributed by atoms with E-state index in [1.165, 1.54) is 0 Å². The molecule has 0 aromatic heterocycles. The first-order chi connectivity index (χ1) is 12.6. The molecule has 0 bridgehead atoms. The maximum Gasteiger partial charge on any atom is 0.409 e. The summed E-state index contributed by atoms with van der Waals surface area (Å²) >= 11 is 0. The SMILES string of the molecule is CCOC(=O)N1CCN(C(C)C(=O)Nc2cccc3ccccc23)CC1. The fourth-order valence-electron chi connectivity index (χ4n) is 3.24. The molecule has 1 aliphatic rings. The molecule has 1 atom stereocenters. The van der Waals surface area contributed by atoms with Gasteiger partial charge in [0, 0.05) is 37.3 Å². The van der Waals surface area contributed by atoms with Crippen LogP contribution in [0.25, 0.3) is 10.8 Å². The van der Waals surface area contributed by atoms with Crippen LogP contribution in [0.2, 0.25) is 0 Å². The molecule has 1 fully saturated rings. The summed E-state index contributed by atoms with van der Waals surface area (Å²) < 4.78 is 5.03. The van der Waals surface area contributed by atoms with Crippen LogP contribution >= 0.6 is 0 Å².